The van der Waals surface area contributed by atoms with E-state index in [1.807, 2.05) is 0 Å². The Balaban J connectivity index is 1.85. The van der Waals surface area contributed by atoms with Crippen molar-refractivity contribution in [3.63, 3.8) is 0 Å². The monoisotopic (exact) mass is 289 g/mol. The van der Waals surface area contributed by atoms with E-state index in [0.717, 1.165) is 13.0 Å². The van der Waals surface area contributed by atoms with E-state index in [1.54, 1.807) is 0 Å². The number of nitrogens with zero attached hydrogens (tertiary/aromatic N) is 2. The van der Waals surface area contributed by atoms with E-state index in [4.69, 9.17) is 5.73 Å². The fourth-order valence-corrected chi connectivity index (χ4v) is 3.04. The molecule has 0 spiro atoms. The fraction of sp³-hybridized carbons (Fsp3) is 0.667. The highest BCUT2D eigenvalue weighted by Gasteiger charge is 2.20. The molecule has 1 aliphatic heterocycles. The van der Waals surface area contributed by atoms with Crippen LogP contribution in [0.3, 0.4) is 0 Å². The van der Waals surface area contributed by atoms with Gasteiger partial charge < -0.3 is 15.5 Å². The quantitative estimate of drug-likeness (QED) is 0.837. The van der Waals surface area contributed by atoms with E-state index in [2.05, 4.69) is 55.0 Å². The molecular formula is C18H31N3. The van der Waals surface area contributed by atoms with Gasteiger partial charge in [-0.3, -0.25) is 0 Å². The van der Waals surface area contributed by atoms with Crippen molar-refractivity contribution in [1.29, 1.82) is 0 Å². The van der Waals surface area contributed by atoms with Crippen molar-refractivity contribution in [2.24, 2.45) is 5.73 Å². The Labute approximate surface area is 130 Å². The van der Waals surface area contributed by atoms with Gasteiger partial charge in [0.25, 0.3) is 0 Å². The van der Waals surface area contributed by atoms with Gasteiger partial charge in [-0.15, -0.1) is 0 Å². The molecule has 1 heterocycles. The summed E-state index contributed by atoms with van der Waals surface area (Å²) in [6, 6.07) is 9.22. The molecule has 3 nitrogen and oxygen atoms in total. The van der Waals surface area contributed by atoms with Crippen LogP contribution in [0.25, 0.3) is 0 Å². The minimum absolute atomic E-state index is 0.0829. The third kappa shape index (κ3) is 4.53. The highest BCUT2D eigenvalue weighted by molar-refractivity contribution is 5.25. The average Bonchev–Trinajstić information content (AvgIpc) is 3.04. The van der Waals surface area contributed by atoms with Gasteiger partial charge in [0.15, 0.2) is 0 Å². The van der Waals surface area contributed by atoms with E-state index >= 15 is 0 Å². The molecule has 2 unspecified atom stereocenters. The van der Waals surface area contributed by atoms with Crippen molar-refractivity contribution in [3.05, 3.63) is 35.4 Å². The van der Waals surface area contributed by atoms with E-state index < -0.39 is 0 Å². The van der Waals surface area contributed by atoms with Crippen LogP contribution in [0.2, 0.25) is 0 Å². The molecule has 2 N–H and O–H groups in total. The SMILES string of the molecule is CCc1ccc(C(N)C(C)N(C)CCN2CCCC2)cc1. The number of benzene rings is 1. The van der Waals surface area contributed by atoms with Crippen molar-refractivity contribution >= 4 is 0 Å². The Morgan fingerprint density at radius 3 is 2.38 bits per heavy atom. The maximum absolute atomic E-state index is 6.46. The Bertz CT molecular complexity index is 409. The number of likely N-dealkylation sites (tertiary alicyclic amines) is 1. The van der Waals surface area contributed by atoms with Crippen molar-refractivity contribution in [3.8, 4) is 0 Å². The van der Waals surface area contributed by atoms with Gasteiger partial charge in [-0.25, -0.2) is 0 Å². The summed E-state index contributed by atoms with van der Waals surface area (Å²) in [5.74, 6) is 0. The largest absolute Gasteiger partial charge is 0.323 e. The van der Waals surface area contributed by atoms with Crippen LogP contribution in [0.5, 0.6) is 0 Å². The summed E-state index contributed by atoms with van der Waals surface area (Å²) in [6.45, 7) is 9.23. The molecule has 3 heteroatoms. The predicted molar refractivity (Wildman–Crippen MR) is 90.5 cm³/mol. The van der Waals surface area contributed by atoms with Crippen molar-refractivity contribution in [1.82, 2.24) is 9.80 Å². The molecule has 0 bridgehead atoms. The molecule has 1 fully saturated rings. The second kappa shape index (κ2) is 7.92. The van der Waals surface area contributed by atoms with Crippen molar-refractivity contribution in [2.45, 2.75) is 45.2 Å². The summed E-state index contributed by atoms with van der Waals surface area (Å²) in [5, 5.41) is 0. The van der Waals surface area contributed by atoms with E-state index in [1.165, 1.54) is 43.6 Å². The lowest BCUT2D eigenvalue weighted by atomic mass is 9.98. The van der Waals surface area contributed by atoms with E-state index in [-0.39, 0.29) is 6.04 Å². The van der Waals surface area contributed by atoms with E-state index in [0.29, 0.717) is 6.04 Å². The van der Waals surface area contributed by atoms with Crippen LogP contribution >= 0.6 is 0 Å². The van der Waals surface area contributed by atoms with Gasteiger partial charge >= 0.3 is 0 Å². The topological polar surface area (TPSA) is 32.5 Å². The smallest absolute Gasteiger partial charge is 0.0450 e. The van der Waals surface area contributed by atoms with Crippen LogP contribution in [-0.4, -0.2) is 49.1 Å². The van der Waals surface area contributed by atoms with Gasteiger partial charge in [0.2, 0.25) is 0 Å². The molecule has 0 amide bonds. The Morgan fingerprint density at radius 2 is 1.81 bits per heavy atom. The number of hydrogen-bond donors (Lipinski definition) is 1. The normalized spacial score (nSPS) is 19.1. The third-order valence-corrected chi connectivity index (χ3v) is 4.96. The standard InChI is InChI=1S/C18H31N3/c1-4-16-7-9-17(10-8-16)18(19)15(2)20(3)13-14-21-11-5-6-12-21/h7-10,15,18H,4-6,11-14,19H2,1-3H3. The van der Waals surface area contributed by atoms with Crippen molar-refractivity contribution < 1.29 is 0 Å². The molecule has 118 valence electrons. The lowest BCUT2D eigenvalue weighted by molar-refractivity contribution is 0.195. The number of nitrogens with two attached hydrogens (primary N) is 1. The van der Waals surface area contributed by atoms with Crippen LogP contribution in [-0.2, 0) is 6.42 Å². The minimum Gasteiger partial charge on any atom is -0.323 e. The average molecular weight is 289 g/mol. The molecule has 0 aliphatic carbocycles. The highest BCUT2D eigenvalue weighted by Crippen LogP contribution is 2.19. The molecule has 0 aromatic heterocycles. The molecule has 1 aromatic rings. The second-order valence-corrected chi connectivity index (χ2v) is 6.39. The maximum Gasteiger partial charge on any atom is 0.0450 e. The third-order valence-electron chi connectivity index (χ3n) is 4.96. The first kappa shape index (κ1) is 16.5. The van der Waals surface area contributed by atoms with Crippen molar-refractivity contribution in [2.75, 3.05) is 33.2 Å². The summed E-state index contributed by atoms with van der Waals surface area (Å²) >= 11 is 0. The zero-order chi connectivity index (χ0) is 15.2. The highest BCUT2D eigenvalue weighted by atomic mass is 15.2. The molecule has 21 heavy (non-hydrogen) atoms. The number of aryl methyl sites for hydroxylation is 1. The summed E-state index contributed by atoms with van der Waals surface area (Å²) in [5.41, 5.74) is 9.08. The van der Waals surface area contributed by atoms with Gasteiger partial charge in [-0.05, 0) is 57.5 Å². The van der Waals surface area contributed by atoms with Crippen LogP contribution in [0.15, 0.2) is 24.3 Å². The molecule has 2 rings (SSSR count). The first-order valence-electron chi connectivity index (χ1n) is 8.39. The summed E-state index contributed by atoms with van der Waals surface area (Å²) < 4.78 is 0. The lowest BCUT2D eigenvalue weighted by Crippen LogP contribution is -2.42. The molecule has 0 saturated carbocycles. The maximum atomic E-state index is 6.46. The number of hydrogen-bond acceptors (Lipinski definition) is 3. The summed E-state index contributed by atoms with van der Waals surface area (Å²) in [7, 11) is 2.20. The van der Waals surface area contributed by atoms with Gasteiger partial charge in [0.1, 0.15) is 0 Å². The predicted octanol–water partition coefficient (Wildman–Crippen LogP) is 2.66. The fourth-order valence-electron chi connectivity index (χ4n) is 3.04. The van der Waals surface area contributed by atoms with Gasteiger partial charge in [0.05, 0.1) is 0 Å². The first-order valence-corrected chi connectivity index (χ1v) is 8.39. The molecule has 2 atom stereocenters. The van der Waals surface area contributed by atoms with Gasteiger partial charge in [-0.2, -0.15) is 0 Å². The molecule has 1 aromatic carbocycles. The van der Waals surface area contributed by atoms with Crippen LogP contribution in [0, 0.1) is 0 Å². The Kier molecular flexibility index (Phi) is 6.22. The molecular weight excluding hydrogens is 258 g/mol. The lowest BCUT2D eigenvalue weighted by Gasteiger charge is -2.31. The summed E-state index contributed by atoms with van der Waals surface area (Å²) in [4.78, 5) is 4.96. The zero-order valence-corrected chi connectivity index (χ0v) is 13.9. The Hall–Kier alpha value is -0.900. The van der Waals surface area contributed by atoms with Crippen LogP contribution in [0.4, 0.5) is 0 Å². The number of likely N-dealkylation sites (N-methyl/N-ethyl adjacent to an activating group) is 1. The van der Waals surface area contributed by atoms with Gasteiger partial charge in [-0.1, -0.05) is 31.2 Å². The van der Waals surface area contributed by atoms with Crippen LogP contribution in [0.1, 0.15) is 43.9 Å². The van der Waals surface area contributed by atoms with E-state index in [9.17, 15) is 0 Å². The zero-order valence-electron chi connectivity index (χ0n) is 13.9. The van der Waals surface area contributed by atoms with Crippen LogP contribution < -0.4 is 5.73 Å². The molecule has 0 radical (unpaired) electrons. The van der Waals surface area contributed by atoms with Gasteiger partial charge in [0, 0.05) is 25.2 Å². The second-order valence-electron chi connectivity index (χ2n) is 6.39. The Morgan fingerprint density at radius 1 is 1.19 bits per heavy atom. The minimum atomic E-state index is 0.0829. The first-order chi connectivity index (χ1) is 10.1. The number of rotatable bonds is 7. The molecule has 1 aliphatic rings. The molecule has 1 saturated heterocycles. The summed E-state index contributed by atoms with van der Waals surface area (Å²) in [6.07, 6.45) is 3.81.